The molecular weight excluding hydrogens is 224 g/mol. The molecule has 1 rings (SSSR count). The van der Waals surface area contributed by atoms with Crippen molar-refractivity contribution in [2.75, 3.05) is 13.7 Å². The van der Waals surface area contributed by atoms with Crippen LogP contribution in [-0.2, 0) is 19.1 Å². The second-order valence-electron chi connectivity index (χ2n) is 4.18. The lowest BCUT2D eigenvalue weighted by Gasteiger charge is -2.24. The van der Waals surface area contributed by atoms with Crippen molar-refractivity contribution in [2.24, 2.45) is 11.7 Å². The van der Waals surface area contributed by atoms with E-state index in [1.807, 2.05) is 6.92 Å². The lowest BCUT2D eigenvalue weighted by atomic mass is 10.1. The van der Waals surface area contributed by atoms with Crippen LogP contribution in [-0.4, -0.2) is 42.4 Å². The third-order valence-electron chi connectivity index (χ3n) is 2.96. The maximum Gasteiger partial charge on any atom is 0.310 e. The highest BCUT2D eigenvalue weighted by molar-refractivity contribution is 5.91. The molecule has 6 nitrogen and oxygen atoms in total. The van der Waals surface area contributed by atoms with E-state index in [9.17, 15) is 14.4 Å². The Hall–Kier alpha value is -1.59. The van der Waals surface area contributed by atoms with E-state index < -0.39 is 23.8 Å². The van der Waals surface area contributed by atoms with Crippen LogP contribution in [0.1, 0.15) is 26.2 Å². The van der Waals surface area contributed by atoms with Crippen molar-refractivity contribution >= 4 is 17.8 Å². The van der Waals surface area contributed by atoms with E-state index in [2.05, 4.69) is 4.74 Å². The largest absolute Gasteiger partial charge is 0.469 e. The van der Waals surface area contributed by atoms with Gasteiger partial charge in [0.2, 0.25) is 11.8 Å². The minimum atomic E-state index is -0.609. The zero-order valence-corrected chi connectivity index (χ0v) is 10.1. The van der Waals surface area contributed by atoms with Gasteiger partial charge >= 0.3 is 5.97 Å². The normalized spacial score (nSPS) is 21.4. The molecule has 17 heavy (non-hydrogen) atoms. The van der Waals surface area contributed by atoms with Crippen LogP contribution in [0.4, 0.5) is 0 Å². The third kappa shape index (κ3) is 2.95. The molecule has 1 fully saturated rings. The van der Waals surface area contributed by atoms with E-state index in [1.54, 1.807) is 0 Å². The van der Waals surface area contributed by atoms with Crippen molar-refractivity contribution in [3.63, 3.8) is 0 Å². The molecule has 2 amide bonds. The fourth-order valence-corrected chi connectivity index (χ4v) is 2.08. The summed E-state index contributed by atoms with van der Waals surface area (Å²) in [5.41, 5.74) is 5.27. The molecule has 0 spiro atoms. The number of methoxy groups -OCH3 is 1. The number of hydrogen-bond acceptors (Lipinski definition) is 4. The maximum absolute atomic E-state index is 11.7. The lowest BCUT2D eigenvalue weighted by molar-refractivity contribution is -0.145. The van der Waals surface area contributed by atoms with Gasteiger partial charge in [-0.1, -0.05) is 13.3 Å². The molecule has 0 aliphatic carbocycles. The van der Waals surface area contributed by atoms with E-state index in [0.717, 1.165) is 6.42 Å². The molecule has 0 radical (unpaired) electrons. The Morgan fingerprint density at radius 3 is 2.71 bits per heavy atom. The van der Waals surface area contributed by atoms with E-state index in [-0.39, 0.29) is 18.9 Å². The lowest BCUT2D eigenvalue weighted by Crippen LogP contribution is -2.45. The molecule has 0 aromatic rings. The van der Waals surface area contributed by atoms with Crippen molar-refractivity contribution in [1.29, 1.82) is 0 Å². The van der Waals surface area contributed by atoms with Crippen LogP contribution in [0.15, 0.2) is 0 Å². The third-order valence-corrected chi connectivity index (χ3v) is 2.96. The average molecular weight is 242 g/mol. The van der Waals surface area contributed by atoms with Crippen molar-refractivity contribution in [1.82, 2.24) is 4.90 Å². The molecule has 1 heterocycles. The topological polar surface area (TPSA) is 89.7 Å². The number of nitrogens with zero attached hydrogens (tertiary/aromatic N) is 1. The van der Waals surface area contributed by atoms with E-state index in [4.69, 9.17) is 5.73 Å². The number of likely N-dealkylation sites (tertiary alicyclic amines) is 1. The molecule has 2 N–H and O–H groups in total. The Labute approximate surface area is 100 Å². The van der Waals surface area contributed by atoms with Crippen molar-refractivity contribution < 1.29 is 19.1 Å². The zero-order chi connectivity index (χ0) is 13.0. The predicted molar refractivity (Wildman–Crippen MR) is 59.7 cm³/mol. The second-order valence-corrected chi connectivity index (χ2v) is 4.18. The fourth-order valence-electron chi connectivity index (χ4n) is 2.08. The Morgan fingerprint density at radius 2 is 2.24 bits per heavy atom. The first-order valence-corrected chi connectivity index (χ1v) is 5.67. The summed E-state index contributed by atoms with van der Waals surface area (Å²) in [6, 6.07) is -0.609. The quantitative estimate of drug-likeness (QED) is 0.668. The minimum absolute atomic E-state index is 0.0974. The number of amides is 2. The van der Waals surface area contributed by atoms with Crippen molar-refractivity contribution in [3.05, 3.63) is 0 Å². The number of ether oxygens (including phenoxy) is 1. The fraction of sp³-hybridized carbons (Fsp3) is 0.727. The SMILES string of the molecule is CCCC(C(N)=O)N1CC(C(=O)OC)CC1=O. The zero-order valence-electron chi connectivity index (χ0n) is 10.1. The van der Waals surface area contributed by atoms with Gasteiger partial charge in [-0.2, -0.15) is 0 Å². The van der Waals surface area contributed by atoms with Crippen LogP contribution in [0, 0.1) is 5.92 Å². The molecule has 1 aliphatic heterocycles. The standard InChI is InChI=1S/C11H18N2O4/c1-3-4-8(10(12)15)13-6-7(5-9(13)14)11(16)17-2/h7-8H,3-6H2,1-2H3,(H2,12,15). The Balaban J connectivity index is 2.74. The van der Waals surface area contributed by atoms with Gasteiger partial charge in [-0.05, 0) is 6.42 Å². The highest BCUT2D eigenvalue weighted by Gasteiger charge is 2.39. The molecule has 0 saturated carbocycles. The summed E-state index contributed by atoms with van der Waals surface area (Å²) in [7, 11) is 1.28. The van der Waals surface area contributed by atoms with Crippen LogP contribution in [0.2, 0.25) is 0 Å². The first-order chi connectivity index (χ1) is 8.01. The van der Waals surface area contributed by atoms with Gasteiger partial charge in [-0.15, -0.1) is 0 Å². The second kappa shape index (κ2) is 5.65. The van der Waals surface area contributed by atoms with Crippen molar-refractivity contribution in [3.8, 4) is 0 Å². The van der Waals surface area contributed by atoms with Gasteiger partial charge < -0.3 is 15.4 Å². The number of carbonyl (C=O) groups excluding carboxylic acids is 3. The summed E-state index contributed by atoms with van der Waals surface area (Å²) in [5.74, 6) is -1.63. The summed E-state index contributed by atoms with van der Waals surface area (Å²) in [5, 5.41) is 0. The number of esters is 1. The predicted octanol–water partition coefficient (Wildman–Crippen LogP) is -0.338. The summed E-state index contributed by atoms with van der Waals surface area (Å²) < 4.78 is 4.60. The molecule has 96 valence electrons. The molecular formula is C11H18N2O4. The van der Waals surface area contributed by atoms with E-state index in [1.165, 1.54) is 12.0 Å². The van der Waals surface area contributed by atoms with Gasteiger partial charge in [0.05, 0.1) is 13.0 Å². The van der Waals surface area contributed by atoms with Gasteiger partial charge in [0.25, 0.3) is 0 Å². The van der Waals surface area contributed by atoms with Crippen molar-refractivity contribution in [2.45, 2.75) is 32.2 Å². The Bertz CT molecular complexity index is 329. The van der Waals surface area contributed by atoms with Gasteiger partial charge in [0.15, 0.2) is 0 Å². The molecule has 1 aliphatic rings. The molecule has 0 aromatic heterocycles. The van der Waals surface area contributed by atoms with Crippen LogP contribution in [0.25, 0.3) is 0 Å². The number of nitrogens with two attached hydrogens (primary N) is 1. The number of rotatable bonds is 5. The van der Waals surface area contributed by atoms with Crippen LogP contribution < -0.4 is 5.73 Å². The highest BCUT2D eigenvalue weighted by atomic mass is 16.5. The molecule has 2 atom stereocenters. The Morgan fingerprint density at radius 1 is 1.59 bits per heavy atom. The summed E-state index contributed by atoms with van der Waals surface area (Å²) >= 11 is 0. The minimum Gasteiger partial charge on any atom is -0.469 e. The summed E-state index contributed by atoms with van der Waals surface area (Å²) in [6.45, 7) is 2.13. The van der Waals surface area contributed by atoms with E-state index >= 15 is 0 Å². The molecule has 2 unspecified atom stereocenters. The summed E-state index contributed by atoms with van der Waals surface area (Å²) in [4.78, 5) is 35.8. The Kier molecular flexibility index (Phi) is 4.48. The molecule has 0 aromatic carbocycles. The first kappa shape index (κ1) is 13.5. The molecule has 6 heteroatoms. The average Bonchev–Trinajstić information content (AvgIpc) is 2.66. The smallest absolute Gasteiger partial charge is 0.310 e. The summed E-state index contributed by atoms with van der Waals surface area (Å²) in [6.07, 6.45) is 1.37. The van der Waals surface area contributed by atoms with Crippen LogP contribution in [0.3, 0.4) is 0 Å². The maximum atomic E-state index is 11.7. The van der Waals surface area contributed by atoms with Gasteiger partial charge in [-0.3, -0.25) is 14.4 Å². The number of hydrogen-bond donors (Lipinski definition) is 1. The van der Waals surface area contributed by atoms with Gasteiger partial charge in [0, 0.05) is 13.0 Å². The monoisotopic (exact) mass is 242 g/mol. The van der Waals surface area contributed by atoms with Gasteiger partial charge in [-0.25, -0.2) is 0 Å². The number of carbonyl (C=O) groups is 3. The van der Waals surface area contributed by atoms with Crippen LogP contribution >= 0.6 is 0 Å². The van der Waals surface area contributed by atoms with E-state index in [0.29, 0.717) is 6.42 Å². The highest BCUT2D eigenvalue weighted by Crippen LogP contribution is 2.23. The molecule has 0 bridgehead atoms. The first-order valence-electron chi connectivity index (χ1n) is 5.67. The number of primary amides is 1. The van der Waals surface area contributed by atoms with Gasteiger partial charge in [0.1, 0.15) is 6.04 Å². The molecule has 1 saturated heterocycles. The van der Waals surface area contributed by atoms with Crippen LogP contribution in [0.5, 0.6) is 0 Å².